The molecule has 160 valence electrons. The molecule has 2 heterocycles. The number of hydrogen-bond donors (Lipinski definition) is 0. The topological polar surface area (TPSA) is 8.81 Å². The Morgan fingerprint density at radius 1 is 0.697 bits per heavy atom. The van der Waals surface area contributed by atoms with Crippen LogP contribution in [0.5, 0.6) is 0 Å². The average Bonchev–Trinajstić information content (AvgIpc) is 3.36. The molecular formula is C31H27N2+. The number of nitrogens with zero attached hydrogens (tertiary/aromatic N) is 2. The van der Waals surface area contributed by atoms with Crippen LogP contribution in [0.1, 0.15) is 43.6 Å². The zero-order valence-corrected chi connectivity index (χ0v) is 18.8. The van der Waals surface area contributed by atoms with Gasteiger partial charge in [-0.2, -0.15) is 9.13 Å². The molecule has 33 heavy (non-hydrogen) atoms. The van der Waals surface area contributed by atoms with E-state index in [-0.39, 0.29) is 0 Å². The lowest BCUT2D eigenvalue weighted by Crippen LogP contribution is -2.38. The van der Waals surface area contributed by atoms with E-state index < -0.39 is 12.3 Å². The first-order valence-corrected chi connectivity index (χ1v) is 11.3. The Balaban J connectivity index is 1.87. The maximum Gasteiger partial charge on any atom is 0.264 e. The maximum absolute atomic E-state index is 8.69. The summed E-state index contributed by atoms with van der Waals surface area (Å²) in [6, 6.07) is 37.1. The highest BCUT2D eigenvalue weighted by molar-refractivity contribution is 5.65. The lowest BCUT2D eigenvalue weighted by molar-refractivity contribution is -0.605. The quantitative estimate of drug-likeness (QED) is 0.288. The molecule has 6 rings (SSSR count). The summed E-state index contributed by atoms with van der Waals surface area (Å²) in [7, 11) is 0. The van der Waals surface area contributed by atoms with E-state index in [1.54, 1.807) is 0 Å². The van der Waals surface area contributed by atoms with Crippen LogP contribution in [0.3, 0.4) is 0 Å². The number of aromatic nitrogens is 2. The number of imidazole rings is 1. The number of hydrogen-bond acceptors (Lipinski definition) is 0. The van der Waals surface area contributed by atoms with Crippen LogP contribution in [0.4, 0.5) is 0 Å². The number of para-hydroxylation sites is 2. The van der Waals surface area contributed by atoms with E-state index in [0.29, 0.717) is 5.82 Å². The van der Waals surface area contributed by atoms with Crippen LogP contribution in [0, 0.1) is 20.7 Å². The van der Waals surface area contributed by atoms with Crippen LogP contribution in [0.25, 0.3) is 11.4 Å². The van der Waals surface area contributed by atoms with Crippen molar-refractivity contribution in [3.8, 4) is 11.4 Å². The van der Waals surface area contributed by atoms with Crippen molar-refractivity contribution in [2.24, 2.45) is 0 Å². The Morgan fingerprint density at radius 3 is 1.91 bits per heavy atom. The van der Waals surface area contributed by atoms with E-state index >= 15 is 0 Å². The molecule has 0 unspecified atom stereocenters. The summed E-state index contributed by atoms with van der Waals surface area (Å²) in [6.45, 7) is 1.74. The van der Waals surface area contributed by atoms with Gasteiger partial charge in [-0.3, -0.25) is 0 Å². The van der Waals surface area contributed by atoms with Crippen molar-refractivity contribution in [3.05, 3.63) is 149 Å². The molecule has 0 fully saturated rings. The standard InChI is InChI=1S/C31H27N2/c1-22-14-10-12-20-28(22)32-23(2)30-31(25-15-6-4-7-16-25,26-17-8-5-9-18-26)27-19-11-13-21-29(27)33(30)24(32)3/h4-21H,1-3H3/q+1/i3D3. The Labute approximate surface area is 199 Å². The molecule has 0 aliphatic carbocycles. The zero-order valence-electron chi connectivity index (χ0n) is 21.8. The van der Waals surface area contributed by atoms with Gasteiger partial charge in [0.15, 0.2) is 11.4 Å². The Bertz CT molecular complexity index is 1540. The fourth-order valence-corrected chi connectivity index (χ4v) is 5.66. The second kappa shape index (κ2) is 7.31. The fourth-order valence-electron chi connectivity index (χ4n) is 5.66. The highest BCUT2D eigenvalue weighted by Gasteiger charge is 2.54. The van der Waals surface area contributed by atoms with E-state index in [4.69, 9.17) is 4.11 Å². The summed E-state index contributed by atoms with van der Waals surface area (Å²) in [5.41, 5.74) is 7.33. The predicted molar refractivity (Wildman–Crippen MR) is 133 cm³/mol. The maximum atomic E-state index is 8.69. The van der Waals surface area contributed by atoms with Crippen LogP contribution in [0.2, 0.25) is 0 Å². The number of aryl methyl sites for hydroxylation is 1. The Kier molecular flexibility index (Phi) is 3.70. The summed E-state index contributed by atoms with van der Waals surface area (Å²) >= 11 is 0. The third-order valence-corrected chi connectivity index (χ3v) is 7.00. The molecular weight excluding hydrogens is 400 g/mol. The van der Waals surface area contributed by atoms with E-state index in [1.165, 1.54) is 0 Å². The van der Waals surface area contributed by atoms with Crippen molar-refractivity contribution in [1.29, 1.82) is 0 Å². The summed E-state index contributed by atoms with van der Waals surface area (Å²) in [5, 5.41) is 0. The molecule has 5 aromatic rings. The minimum atomic E-state index is -2.35. The van der Waals surface area contributed by atoms with Gasteiger partial charge >= 0.3 is 0 Å². The van der Waals surface area contributed by atoms with Gasteiger partial charge in [-0.15, -0.1) is 0 Å². The molecule has 4 aromatic carbocycles. The van der Waals surface area contributed by atoms with Crippen LogP contribution >= 0.6 is 0 Å². The Morgan fingerprint density at radius 2 is 1.27 bits per heavy atom. The minimum absolute atomic E-state index is 0.297. The molecule has 1 aliphatic rings. The third-order valence-electron chi connectivity index (χ3n) is 7.00. The average molecular weight is 431 g/mol. The molecule has 2 nitrogen and oxygen atoms in total. The zero-order chi connectivity index (χ0) is 25.1. The lowest BCUT2D eigenvalue weighted by Gasteiger charge is -2.30. The van der Waals surface area contributed by atoms with Crippen molar-refractivity contribution in [2.75, 3.05) is 0 Å². The number of fused-ring (bicyclic) bond motifs is 3. The third kappa shape index (κ3) is 2.58. The van der Waals surface area contributed by atoms with Crippen molar-refractivity contribution < 1.29 is 8.68 Å². The molecule has 0 bridgehead atoms. The molecule has 0 saturated carbocycles. The van der Waals surface area contributed by atoms with Crippen LogP contribution in [-0.4, -0.2) is 4.57 Å². The summed E-state index contributed by atoms with van der Waals surface area (Å²) in [6.07, 6.45) is 0. The molecule has 0 N–H and O–H groups in total. The summed E-state index contributed by atoms with van der Waals surface area (Å²) < 4.78 is 30.0. The first-order chi connectivity index (χ1) is 17.4. The normalized spacial score (nSPS) is 15.3. The first-order valence-electron chi connectivity index (χ1n) is 12.8. The molecule has 2 heteroatoms. The van der Waals surface area contributed by atoms with Crippen molar-refractivity contribution >= 4 is 0 Å². The van der Waals surface area contributed by atoms with Crippen molar-refractivity contribution in [2.45, 2.75) is 26.1 Å². The second-order valence-electron chi connectivity index (χ2n) is 8.71. The SMILES string of the molecule is [2H]C([2H])([2H])c1n(-c2ccccc2C)c(C)c2[n+]1-c1ccccc1C2(c1ccccc1)c1ccccc1. The van der Waals surface area contributed by atoms with Gasteiger partial charge in [0.1, 0.15) is 16.8 Å². The predicted octanol–water partition coefficient (Wildman–Crippen LogP) is 6.38. The highest BCUT2D eigenvalue weighted by atomic mass is 15.2. The van der Waals surface area contributed by atoms with Gasteiger partial charge < -0.3 is 0 Å². The molecule has 0 atom stereocenters. The molecule has 0 amide bonds. The van der Waals surface area contributed by atoms with E-state index in [0.717, 1.165) is 45.0 Å². The van der Waals surface area contributed by atoms with Crippen LogP contribution < -0.4 is 4.57 Å². The summed E-state index contributed by atoms with van der Waals surface area (Å²) in [4.78, 5) is 0. The molecule has 1 aromatic heterocycles. The van der Waals surface area contributed by atoms with Crippen LogP contribution in [-0.2, 0) is 5.41 Å². The van der Waals surface area contributed by atoms with Gasteiger partial charge in [-0.25, -0.2) is 0 Å². The second-order valence-corrected chi connectivity index (χ2v) is 8.71. The molecule has 0 radical (unpaired) electrons. The molecule has 1 aliphatic heterocycles. The van der Waals surface area contributed by atoms with Gasteiger partial charge in [0.25, 0.3) is 5.82 Å². The van der Waals surface area contributed by atoms with Gasteiger partial charge in [-0.1, -0.05) is 97.1 Å². The van der Waals surface area contributed by atoms with Crippen molar-refractivity contribution in [3.63, 3.8) is 0 Å². The van der Waals surface area contributed by atoms with E-state index in [9.17, 15) is 0 Å². The largest absolute Gasteiger partial charge is 0.264 e. The Hall–Kier alpha value is -3.91. The number of benzene rings is 4. The van der Waals surface area contributed by atoms with Crippen LogP contribution in [0.15, 0.2) is 109 Å². The molecule has 0 spiro atoms. The van der Waals surface area contributed by atoms with Gasteiger partial charge in [0.2, 0.25) is 0 Å². The number of rotatable bonds is 3. The summed E-state index contributed by atoms with van der Waals surface area (Å²) in [5.74, 6) is 0.297. The highest BCUT2D eigenvalue weighted by Crippen LogP contribution is 2.50. The van der Waals surface area contributed by atoms with Crippen molar-refractivity contribution in [1.82, 2.24) is 4.57 Å². The fraction of sp³-hybridized carbons (Fsp3) is 0.129. The van der Waals surface area contributed by atoms with Gasteiger partial charge in [-0.05, 0) is 35.7 Å². The smallest absolute Gasteiger partial charge is 0.196 e. The molecule has 0 saturated heterocycles. The minimum Gasteiger partial charge on any atom is -0.196 e. The van der Waals surface area contributed by atoms with Gasteiger partial charge in [0, 0.05) is 23.5 Å². The van der Waals surface area contributed by atoms with Gasteiger partial charge in [0.05, 0.1) is 0 Å². The van der Waals surface area contributed by atoms with E-state index in [1.807, 2.05) is 70.7 Å². The monoisotopic (exact) mass is 430 g/mol. The first kappa shape index (κ1) is 16.7. The van der Waals surface area contributed by atoms with E-state index in [2.05, 4.69) is 61.5 Å². The lowest BCUT2D eigenvalue weighted by atomic mass is 9.68.